The van der Waals surface area contributed by atoms with E-state index in [-0.39, 0.29) is 18.5 Å². The predicted octanol–water partition coefficient (Wildman–Crippen LogP) is 1.79. The highest BCUT2D eigenvalue weighted by molar-refractivity contribution is 5.27. The SMILES string of the molecule is NCCc1c(C(F)F)n[nH]c1C(F)F. The zero-order valence-corrected chi connectivity index (χ0v) is 7.11. The van der Waals surface area contributed by atoms with Gasteiger partial charge < -0.3 is 5.73 Å². The van der Waals surface area contributed by atoms with Crippen LogP contribution in [0.2, 0.25) is 0 Å². The van der Waals surface area contributed by atoms with Crippen LogP contribution in [-0.4, -0.2) is 16.7 Å². The molecule has 7 heteroatoms. The summed E-state index contributed by atoms with van der Waals surface area (Å²) in [6.07, 6.45) is -5.73. The van der Waals surface area contributed by atoms with Gasteiger partial charge in [-0.2, -0.15) is 5.10 Å². The van der Waals surface area contributed by atoms with Crippen molar-refractivity contribution in [3.63, 3.8) is 0 Å². The van der Waals surface area contributed by atoms with Crippen molar-refractivity contribution in [3.8, 4) is 0 Å². The molecule has 1 aromatic heterocycles. The maximum atomic E-state index is 12.3. The first-order valence-corrected chi connectivity index (χ1v) is 3.91. The Hall–Kier alpha value is -1.11. The fourth-order valence-electron chi connectivity index (χ4n) is 1.16. The van der Waals surface area contributed by atoms with E-state index in [1.54, 1.807) is 0 Å². The summed E-state index contributed by atoms with van der Waals surface area (Å²) in [6, 6.07) is 0. The zero-order chi connectivity index (χ0) is 10.7. The third kappa shape index (κ3) is 2.03. The molecule has 0 radical (unpaired) electrons. The molecule has 1 rings (SSSR count). The molecule has 3 nitrogen and oxygen atoms in total. The molecule has 0 aliphatic heterocycles. The molecule has 14 heavy (non-hydrogen) atoms. The number of hydrogen-bond donors (Lipinski definition) is 2. The highest BCUT2D eigenvalue weighted by atomic mass is 19.3. The molecule has 0 aromatic carbocycles. The molecule has 0 aliphatic carbocycles. The van der Waals surface area contributed by atoms with Crippen LogP contribution in [0.3, 0.4) is 0 Å². The topological polar surface area (TPSA) is 54.7 Å². The Labute approximate surface area is 77.3 Å². The van der Waals surface area contributed by atoms with Gasteiger partial charge in [0.15, 0.2) is 0 Å². The second kappa shape index (κ2) is 4.41. The van der Waals surface area contributed by atoms with E-state index in [2.05, 4.69) is 5.10 Å². The van der Waals surface area contributed by atoms with Crippen LogP contribution in [0, 0.1) is 0 Å². The van der Waals surface area contributed by atoms with Crippen LogP contribution >= 0.6 is 0 Å². The molecular weight excluding hydrogens is 202 g/mol. The Morgan fingerprint density at radius 3 is 2.29 bits per heavy atom. The fraction of sp³-hybridized carbons (Fsp3) is 0.571. The van der Waals surface area contributed by atoms with E-state index in [1.807, 2.05) is 5.10 Å². The van der Waals surface area contributed by atoms with Gasteiger partial charge in [0.1, 0.15) is 11.4 Å². The Morgan fingerprint density at radius 2 is 1.86 bits per heavy atom. The molecule has 0 amide bonds. The van der Waals surface area contributed by atoms with Gasteiger partial charge >= 0.3 is 0 Å². The van der Waals surface area contributed by atoms with Crippen LogP contribution in [0.15, 0.2) is 0 Å². The fourth-order valence-corrected chi connectivity index (χ4v) is 1.16. The Balaban J connectivity index is 3.06. The number of nitrogens with one attached hydrogen (secondary N) is 1. The van der Waals surface area contributed by atoms with Gasteiger partial charge in [0, 0.05) is 5.56 Å². The largest absolute Gasteiger partial charge is 0.330 e. The highest BCUT2D eigenvalue weighted by Crippen LogP contribution is 2.28. The summed E-state index contributed by atoms with van der Waals surface area (Å²) < 4.78 is 49.1. The lowest BCUT2D eigenvalue weighted by molar-refractivity contribution is 0.142. The van der Waals surface area contributed by atoms with Gasteiger partial charge in [-0.15, -0.1) is 0 Å². The van der Waals surface area contributed by atoms with E-state index >= 15 is 0 Å². The number of halogens is 4. The number of aromatic nitrogens is 2. The van der Waals surface area contributed by atoms with E-state index in [9.17, 15) is 17.6 Å². The number of nitrogens with zero attached hydrogens (tertiary/aromatic N) is 1. The maximum absolute atomic E-state index is 12.3. The van der Waals surface area contributed by atoms with Gasteiger partial charge in [-0.05, 0) is 13.0 Å². The molecule has 0 fully saturated rings. The molecule has 0 saturated carbocycles. The average Bonchev–Trinajstić information content (AvgIpc) is 2.48. The lowest BCUT2D eigenvalue weighted by Crippen LogP contribution is -2.06. The van der Waals surface area contributed by atoms with Crippen molar-refractivity contribution in [2.24, 2.45) is 5.73 Å². The standard InChI is InChI=1S/C7H9F4N3/c8-6(9)4-3(1-2-12)5(7(10)11)14-13-4/h6-7H,1-2,12H2,(H,13,14). The summed E-state index contributed by atoms with van der Waals surface area (Å²) in [4.78, 5) is 0. The predicted molar refractivity (Wildman–Crippen MR) is 41.3 cm³/mol. The van der Waals surface area contributed by atoms with Gasteiger partial charge in [-0.3, -0.25) is 5.10 Å². The zero-order valence-electron chi connectivity index (χ0n) is 7.11. The van der Waals surface area contributed by atoms with Crippen molar-refractivity contribution in [1.29, 1.82) is 0 Å². The van der Waals surface area contributed by atoms with Crippen molar-refractivity contribution in [3.05, 3.63) is 17.0 Å². The molecule has 0 saturated heterocycles. The Bertz CT molecular complexity index is 272. The van der Waals surface area contributed by atoms with Crippen molar-refractivity contribution in [2.75, 3.05) is 6.54 Å². The van der Waals surface area contributed by atoms with Gasteiger partial charge in [0.05, 0.1) is 0 Å². The lowest BCUT2D eigenvalue weighted by Gasteiger charge is -2.02. The normalized spacial score (nSPS) is 11.6. The Kier molecular flexibility index (Phi) is 3.45. The summed E-state index contributed by atoms with van der Waals surface area (Å²) in [5.74, 6) is 0. The van der Waals surface area contributed by atoms with Crippen molar-refractivity contribution < 1.29 is 17.6 Å². The third-order valence-electron chi connectivity index (χ3n) is 1.75. The minimum absolute atomic E-state index is 0.0268. The highest BCUT2D eigenvalue weighted by Gasteiger charge is 2.24. The van der Waals surface area contributed by atoms with Crippen molar-refractivity contribution in [2.45, 2.75) is 19.3 Å². The van der Waals surface area contributed by atoms with E-state index in [4.69, 9.17) is 5.73 Å². The van der Waals surface area contributed by atoms with Gasteiger partial charge in [-0.1, -0.05) is 0 Å². The minimum atomic E-state index is -2.86. The van der Waals surface area contributed by atoms with Crippen LogP contribution in [0.25, 0.3) is 0 Å². The summed E-state index contributed by atoms with van der Waals surface area (Å²) in [7, 11) is 0. The molecule has 80 valence electrons. The molecule has 0 atom stereocenters. The monoisotopic (exact) mass is 211 g/mol. The Morgan fingerprint density at radius 1 is 1.21 bits per heavy atom. The molecule has 0 unspecified atom stereocenters. The third-order valence-corrected chi connectivity index (χ3v) is 1.75. The number of H-pyrrole nitrogens is 1. The molecule has 0 spiro atoms. The lowest BCUT2D eigenvalue weighted by atomic mass is 10.1. The number of rotatable bonds is 4. The van der Waals surface area contributed by atoms with E-state index in [1.165, 1.54) is 0 Å². The van der Waals surface area contributed by atoms with Crippen LogP contribution in [-0.2, 0) is 6.42 Å². The van der Waals surface area contributed by atoms with Crippen LogP contribution in [0.5, 0.6) is 0 Å². The quantitative estimate of drug-likeness (QED) is 0.746. The molecular formula is C7H9F4N3. The van der Waals surface area contributed by atoms with Gasteiger partial charge in [0.25, 0.3) is 12.9 Å². The first kappa shape index (κ1) is 11.0. The van der Waals surface area contributed by atoms with Crippen LogP contribution < -0.4 is 5.73 Å². The second-order valence-electron chi connectivity index (χ2n) is 2.64. The molecule has 1 aromatic rings. The number of nitrogens with two attached hydrogens (primary N) is 1. The molecule has 0 bridgehead atoms. The molecule has 3 N–H and O–H groups in total. The van der Waals surface area contributed by atoms with Crippen molar-refractivity contribution in [1.82, 2.24) is 10.2 Å². The summed E-state index contributed by atoms with van der Waals surface area (Å²) in [6.45, 7) is 0.0268. The number of hydrogen-bond acceptors (Lipinski definition) is 2. The van der Waals surface area contributed by atoms with Crippen LogP contribution in [0.1, 0.15) is 29.8 Å². The average molecular weight is 211 g/mol. The van der Waals surface area contributed by atoms with E-state index < -0.39 is 24.2 Å². The molecule has 1 heterocycles. The number of aromatic amines is 1. The van der Waals surface area contributed by atoms with E-state index in [0.29, 0.717) is 0 Å². The summed E-state index contributed by atoms with van der Waals surface area (Å²) in [5, 5.41) is 5.05. The molecule has 0 aliphatic rings. The maximum Gasteiger partial charge on any atom is 0.282 e. The van der Waals surface area contributed by atoms with Crippen LogP contribution in [0.4, 0.5) is 17.6 Å². The van der Waals surface area contributed by atoms with E-state index in [0.717, 1.165) is 0 Å². The van der Waals surface area contributed by atoms with Crippen molar-refractivity contribution >= 4 is 0 Å². The first-order chi connectivity index (χ1) is 6.57. The van der Waals surface area contributed by atoms with Gasteiger partial charge in [0.2, 0.25) is 0 Å². The number of alkyl halides is 4. The first-order valence-electron chi connectivity index (χ1n) is 3.91. The van der Waals surface area contributed by atoms with Gasteiger partial charge in [-0.25, -0.2) is 17.6 Å². The smallest absolute Gasteiger partial charge is 0.282 e. The summed E-state index contributed by atoms with van der Waals surface area (Å²) in [5.41, 5.74) is 3.76. The second-order valence-corrected chi connectivity index (χ2v) is 2.64. The summed E-state index contributed by atoms with van der Waals surface area (Å²) >= 11 is 0. The minimum Gasteiger partial charge on any atom is -0.330 e.